The lowest BCUT2D eigenvalue weighted by atomic mass is 9.81. The van der Waals surface area contributed by atoms with Crippen LogP contribution in [0.4, 0.5) is 0 Å². The van der Waals surface area contributed by atoms with E-state index in [9.17, 15) is 14.7 Å². The first-order valence-electron chi connectivity index (χ1n) is 11.4. The Morgan fingerprint density at radius 3 is 1.96 bits per heavy atom. The molecule has 0 aromatic heterocycles. The highest BCUT2D eigenvalue weighted by Gasteiger charge is 2.55. The van der Waals surface area contributed by atoms with Gasteiger partial charge in [-0.15, -0.1) is 12.4 Å². The SMILES string of the molecule is Cl.O=C(CN1C[C@@H]2CCC[C@@]2(C(=O)O)C1)N(C1CCCCC1)C1CCCCC1. The van der Waals surface area contributed by atoms with E-state index < -0.39 is 11.4 Å². The fourth-order valence-electron chi connectivity index (χ4n) is 6.56. The first-order chi connectivity index (χ1) is 13.1. The van der Waals surface area contributed by atoms with Gasteiger partial charge in [0, 0.05) is 25.2 Å². The molecule has 4 fully saturated rings. The van der Waals surface area contributed by atoms with Crippen molar-refractivity contribution in [1.29, 1.82) is 0 Å². The molecule has 2 atom stereocenters. The first kappa shape index (κ1) is 21.9. The minimum atomic E-state index is -0.642. The van der Waals surface area contributed by atoms with Crippen LogP contribution < -0.4 is 0 Å². The summed E-state index contributed by atoms with van der Waals surface area (Å²) >= 11 is 0. The van der Waals surface area contributed by atoms with E-state index in [0.29, 0.717) is 25.2 Å². The van der Waals surface area contributed by atoms with E-state index in [4.69, 9.17) is 0 Å². The first-order valence-corrected chi connectivity index (χ1v) is 11.4. The fourth-order valence-corrected chi connectivity index (χ4v) is 6.56. The number of hydrogen-bond acceptors (Lipinski definition) is 3. The molecule has 3 saturated carbocycles. The molecule has 0 aromatic carbocycles. The van der Waals surface area contributed by atoms with Gasteiger partial charge in [0.25, 0.3) is 0 Å². The van der Waals surface area contributed by atoms with Crippen molar-refractivity contribution in [3.63, 3.8) is 0 Å². The normalized spacial score (nSPS) is 31.9. The zero-order chi connectivity index (χ0) is 18.9. The summed E-state index contributed by atoms with van der Waals surface area (Å²) in [6, 6.07) is 0.842. The molecule has 1 saturated heterocycles. The van der Waals surface area contributed by atoms with Crippen LogP contribution in [0.25, 0.3) is 0 Å². The Morgan fingerprint density at radius 2 is 1.46 bits per heavy atom. The van der Waals surface area contributed by atoms with Gasteiger partial charge in [-0.1, -0.05) is 44.9 Å². The maximum atomic E-state index is 13.4. The van der Waals surface area contributed by atoms with Gasteiger partial charge in [0.2, 0.25) is 5.91 Å². The van der Waals surface area contributed by atoms with Gasteiger partial charge in [-0.3, -0.25) is 14.5 Å². The highest BCUT2D eigenvalue weighted by Crippen LogP contribution is 2.48. The number of hydrogen-bond donors (Lipinski definition) is 1. The molecule has 1 aliphatic heterocycles. The number of carbonyl (C=O) groups is 2. The summed E-state index contributed by atoms with van der Waals surface area (Å²) < 4.78 is 0. The van der Waals surface area contributed by atoms with Crippen LogP contribution in [-0.4, -0.2) is 58.5 Å². The summed E-state index contributed by atoms with van der Waals surface area (Å²) in [7, 11) is 0. The zero-order valence-electron chi connectivity index (χ0n) is 17.1. The Morgan fingerprint density at radius 1 is 0.893 bits per heavy atom. The van der Waals surface area contributed by atoms with Gasteiger partial charge >= 0.3 is 5.97 Å². The minimum absolute atomic E-state index is 0. The quantitative estimate of drug-likeness (QED) is 0.738. The van der Waals surface area contributed by atoms with E-state index >= 15 is 0 Å². The van der Waals surface area contributed by atoms with Crippen molar-refractivity contribution >= 4 is 24.3 Å². The number of carbonyl (C=O) groups excluding carboxylic acids is 1. The van der Waals surface area contributed by atoms with Crippen LogP contribution in [0.15, 0.2) is 0 Å². The molecule has 28 heavy (non-hydrogen) atoms. The molecule has 160 valence electrons. The molecule has 1 amide bonds. The second kappa shape index (κ2) is 9.34. The standard InChI is InChI=1S/C22H36N2O3.ClH/c25-20(15-23-14-17-8-7-13-22(17,16-23)21(26)27)24(18-9-3-1-4-10-18)19-11-5-2-6-12-19;/h17-19H,1-16H2,(H,26,27);1H/t17-,22+;/m0./s1. The third-order valence-electron chi connectivity index (χ3n) is 7.95. The van der Waals surface area contributed by atoms with E-state index in [1.165, 1.54) is 38.5 Å². The van der Waals surface area contributed by atoms with Gasteiger partial charge in [0.1, 0.15) is 0 Å². The van der Waals surface area contributed by atoms with Crippen LogP contribution in [-0.2, 0) is 9.59 Å². The number of aliphatic carboxylic acids is 1. The average Bonchev–Trinajstić information content (AvgIpc) is 3.22. The number of halogens is 1. The monoisotopic (exact) mass is 412 g/mol. The highest BCUT2D eigenvalue weighted by molar-refractivity contribution is 5.85. The van der Waals surface area contributed by atoms with Gasteiger partial charge < -0.3 is 10.0 Å². The molecule has 6 heteroatoms. The summed E-state index contributed by atoms with van der Waals surface area (Å²) in [5.41, 5.74) is -0.583. The molecule has 4 rings (SSSR count). The molecule has 0 aromatic rings. The van der Waals surface area contributed by atoms with Crippen LogP contribution in [0.2, 0.25) is 0 Å². The zero-order valence-corrected chi connectivity index (χ0v) is 17.9. The highest BCUT2D eigenvalue weighted by atomic mass is 35.5. The number of fused-ring (bicyclic) bond motifs is 1. The topological polar surface area (TPSA) is 60.9 Å². The van der Waals surface area contributed by atoms with Gasteiger partial charge in [0.05, 0.1) is 12.0 Å². The largest absolute Gasteiger partial charge is 0.481 e. The summed E-state index contributed by atoms with van der Waals surface area (Å²) in [5, 5.41) is 9.82. The number of rotatable bonds is 5. The van der Waals surface area contributed by atoms with Crippen molar-refractivity contribution in [2.24, 2.45) is 11.3 Å². The maximum absolute atomic E-state index is 13.4. The molecular weight excluding hydrogens is 376 g/mol. The third-order valence-corrected chi connectivity index (χ3v) is 7.95. The van der Waals surface area contributed by atoms with Gasteiger partial charge in [-0.05, 0) is 44.4 Å². The predicted molar refractivity (Wildman–Crippen MR) is 112 cm³/mol. The fraction of sp³-hybridized carbons (Fsp3) is 0.909. The van der Waals surface area contributed by atoms with Crippen molar-refractivity contribution in [1.82, 2.24) is 9.80 Å². The Kier molecular flexibility index (Phi) is 7.30. The molecule has 4 aliphatic rings. The lowest BCUT2D eigenvalue weighted by molar-refractivity contribution is -0.150. The van der Waals surface area contributed by atoms with Crippen molar-refractivity contribution in [3.05, 3.63) is 0 Å². The lowest BCUT2D eigenvalue weighted by Gasteiger charge is -2.42. The van der Waals surface area contributed by atoms with Crippen molar-refractivity contribution in [3.8, 4) is 0 Å². The molecule has 0 bridgehead atoms. The average molecular weight is 413 g/mol. The molecule has 1 N–H and O–H groups in total. The smallest absolute Gasteiger partial charge is 0.311 e. The van der Waals surface area contributed by atoms with E-state index in [-0.39, 0.29) is 24.2 Å². The lowest BCUT2D eigenvalue weighted by Crippen LogP contribution is -2.52. The second-order valence-corrected chi connectivity index (χ2v) is 9.60. The maximum Gasteiger partial charge on any atom is 0.311 e. The number of carboxylic acids is 1. The number of nitrogens with zero attached hydrogens (tertiary/aromatic N) is 2. The van der Waals surface area contributed by atoms with Crippen molar-refractivity contribution < 1.29 is 14.7 Å². The molecule has 3 aliphatic carbocycles. The number of amides is 1. The predicted octanol–water partition coefficient (Wildman–Crippen LogP) is 4.09. The molecule has 1 heterocycles. The van der Waals surface area contributed by atoms with E-state index in [2.05, 4.69) is 9.80 Å². The summed E-state index contributed by atoms with van der Waals surface area (Å²) in [5.74, 6) is -0.133. The number of carboxylic acid groups (broad SMARTS) is 1. The van der Waals surface area contributed by atoms with Crippen LogP contribution in [0.3, 0.4) is 0 Å². The van der Waals surface area contributed by atoms with E-state index in [1.807, 2.05) is 0 Å². The van der Waals surface area contributed by atoms with Gasteiger partial charge in [0.15, 0.2) is 0 Å². The molecule has 5 nitrogen and oxygen atoms in total. The summed E-state index contributed by atoms with van der Waals surface area (Å²) in [6.07, 6.45) is 15.0. The van der Waals surface area contributed by atoms with Crippen LogP contribution in [0.1, 0.15) is 83.5 Å². The van der Waals surface area contributed by atoms with E-state index in [0.717, 1.165) is 51.5 Å². The summed E-state index contributed by atoms with van der Waals surface area (Å²) in [4.78, 5) is 29.8. The van der Waals surface area contributed by atoms with E-state index in [1.54, 1.807) is 0 Å². The van der Waals surface area contributed by atoms with Gasteiger partial charge in [-0.25, -0.2) is 0 Å². The molecule has 0 unspecified atom stereocenters. The number of likely N-dealkylation sites (tertiary alicyclic amines) is 1. The molecule has 0 spiro atoms. The third kappa shape index (κ3) is 4.21. The van der Waals surface area contributed by atoms with Gasteiger partial charge in [-0.2, -0.15) is 0 Å². The van der Waals surface area contributed by atoms with Crippen molar-refractivity contribution in [2.45, 2.75) is 95.6 Å². The Hall–Kier alpha value is -0.810. The van der Waals surface area contributed by atoms with Crippen LogP contribution >= 0.6 is 12.4 Å². The Bertz CT molecular complexity index is 542. The Labute approximate surface area is 175 Å². The molecule has 0 radical (unpaired) electrons. The van der Waals surface area contributed by atoms with Crippen LogP contribution in [0.5, 0.6) is 0 Å². The summed E-state index contributed by atoms with van der Waals surface area (Å²) in [6.45, 7) is 1.79. The Balaban J connectivity index is 0.00000225. The molecular formula is C22H37ClN2O3. The second-order valence-electron chi connectivity index (χ2n) is 9.60. The minimum Gasteiger partial charge on any atom is -0.481 e. The van der Waals surface area contributed by atoms with Crippen molar-refractivity contribution in [2.75, 3.05) is 19.6 Å². The van der Waals surface area contributed by atoms with Crippen LogP contribution in [0, 0.1) is 11.3 Å².